The van der Waals surface area contributed by atoms with Gasteiger partial charge in [-0.2, -0.15) is 0 Å². The van der Waals surface area contributed by atoms with Crippen molar-refractivity contribution in [2.45, 2.75) is 43.9 Å². The number of anilines is 1. The minimum Gasteiger partial charge on any atom is -0.369 e. The van der Waals surface area contributed by atoms with Crippen LogP contribution in [-0.4, -0.2) is 76.8 Å². The number of carbonyl (C=O) groups excluding carboxylic acids is 3. The number of pyridine rings is 1. The van der Waals surface area contributed by atoms with E-state index in [4.69, 9.17) is 0 Å². The Bertz CT molecular complexity index is 843. The van der Waals surface area contributed by atoms with Gasteiger partial charge in [-0.1, -0.05) is 0 Å². The zero-order valence-corrected chi connectivity index (χ0v) is 15.6. The maximum Gasteiger partial charge on any atom is 0.256 e. The first kappa shape index (κ1) is 17.6. The van der Waals surface area contributed by atoms with Gasteiger partial charge in [0, 0.05) is 57.4 Å². The molecule has 9 heteroatoms. The Morgan fingerprint density at radius 1 is 1.29 bits per heavy atom. The lowest BCUT2D eigenvalue weighted by molar-refractivity contribution is -0.136. The van der Waals surface area contributed by atoms with Crippen LogP contribution in [0.5, 0.6) is 0 Å². The summed E-state index contributed by atoms with van der Waals surface area (Å²) in [5.41, 5.74) is 1.41. The van der Waals surface area contributed by atoms with Gasteiger partial charge in [0.1, 0.15) is 11.9 Å². The second-order valence-electron chi connectivity index (χ2n) is 8.04. The van der Waals surface area contributed by atoms with E-state index in [0.717, 1.165) is 37.6 Å². The van der Waals surface area contributed by atoms with Gasteiger partial charge in [-0.05, 0) is 24.5 Å². The number of likely N-dealkylation sites (tertiary alicyclic amines) is 1. The van der Waals surface area contributed by atoms with Gasteiger partial charge < -0.3 is 15.5 Å². The highest BCUT2D eigenvalue weighted by atomic mass is 16.2. The highest BCUT2D eigenvalue weighted by Crippen LogP contribution is 2.28. The van der Waals surface area contributed by atoms with E-state index in [1.54, 1.807) is 11.1 Å². The summed E-state index contributed by atoms with van der Waals surface area (Å²) in [6, 6.07) is 2.61. The van der Waals surface area contributed by atoms with Crippen LogP contribution in [0.25, 0.3) is 0 Å². The third kappa shape index (κ3) is 3.04. The van der Waals surface area contributed by atoms with Crippen LogP contribution in [-0.2, 0) is 16.1 Å². The third-order valence-electron chi connectivity index (χ3n) is 6.28. The van der Waals surface area contributed by atoms with Gasteiger partial charge in [-0.25, -0.2) is 4.98 Å². The molecular weight excluding hydrogens is 360 g/mol. The number of rotatable bonds is 5. The molecule has 28 heavy (non-hydrogen) atoms. The van der Waals surface area contributed by atoms with E-state index >= 15 is 0 Å². The molecule has 148 valence electrons. The number of piperidine rings is 1. The van der Waals surface area contributed by atoms with Crippen LogP contribution < -0.4 is 16.0 Å². The van der Waals surface area contributed by atoms with Crippen molar-refractivity contribution >= 4 is 23.5 Å². The van der Waals surface area contributed by atoms with Gasteiger partial charge in [-0.15, -0.1) is 0 Å². The summed E-state index contributed by atoms with van der Waals surface area (Å²) in [6.45, 7) is 4.35. The first-order valence-corrected chi connectivity index (χ1v) is 9.93. The van der Waals surface area contributed by atoms with E-state index in [1.165, 1.54) is 6.42 Å². The molecule has 4 aliphatic rings. The van der Waals surface area contributed by atoms with E-state index in [-0.39, 0.29) is 18.2 Å². The summed E-state index contributed by atoms with van der Waals surface area (Å²) in [5.74, 6) is -0.109. The van der Waals surface area contributed by atoms with E-state index in [0.29, 0.717) is 30.6 Å². The molecule has 5 heterocycles. The standard InChI is InChI=1S/C19H24N6O3/c26-17-2-1-15(18(27)23-17)25-9-11-5-16(22-8-14(11)19(25)28)20-3-4-24-10-12-6-13(24)7-21-12/h5,8,12-13,15,21H,1-4,6-7,9-10H2,(H,20,22)(H,23,26,27)/t12-,13-,15?/m1/s1. The molecule has 0 spiro atoms. The number of amides is 3. The number of nitrogens with zero attached hydrogens (tertiary/aromatic N) is 3. The van der Waals surface area contributed by atoms with Crippen molar-refractivity contribution in [2.24, 2.45) is 0 Å². The molecule has 1 aromatic heterocycles. The zero-order chi connectivity index (χ0) is 19.3. The number of aromatic nitrogens is 1. The van der Waals surface area contributed by atoms with E-state index in [9.17, 15) is 14.4 Å². The molecule has 3 atom stereocenters. The monoisotopic (exact) mass is 384 g/mol. The Morgan fingerprint density at radius 2 is 2.18 bits per heavy atom. The third-order valence-corrected chi connectivity index (χ3v) is 6.28. The maximum atomic E-state index is 12.7. The predicted molar refractivity (Wildman–Crippen MR) is 101 cm³/mol. The van der Waals surface area contributed by atoms with Gasteiger partial charge in [0.2, 0.25) is 11.8 Å². The first-order valence-electron chi connectivity index (χ1n) is 9.93. The molecule has 0 aliphatic carbocycles. The van der Waals surface area contributed by atoms with Crippen LogP contribution in [0.2, 0.25) is 0 Å². The van der Waals surface area contributed by atoms with Crippen molar-refractivity contribution in [2.75, 3.05) is 31.5 Å². The van der Waals surface area contributed by atoms with E-state index in [2.05, 4.69) is 25.8 Å². The molecule has 3 saturated heterocycles. The molecule has 0 aromatic carbocycles. The number of hydrogen-bond acceptors (Lipinski definition) is 7. The Kier molecular flexibility index (Phi) is 4.28. The van der Waals surface area contributed by atoms with E-state index in [1.807, 2.05) is 6.07 Å². The van der Waals surface area contributed by atoms with Gasteiger partial charge in [0.25, 0.3) is 5.91 Å². The van der Waals surface area contributed by atoms with Crippen LogP contribution in [0.4, 0.5) is 5.82 Å². The fourth-order valence-electron chi connectivity index (χ4n) is 4.81. The molecule has 2 bridgehead atoms. The summed E-state index contributed by atoms with van der Waals surface area (Å²) in [4.78, 5) is 44.6. The minimum absolute atomic E-state index is 0.191. The van der Waals surface area contributed by atoms with Gasteiger partial charge in [0.15, 0.2) is 0 Å². The number of fused-ring (bicyclic) bond motifs is 3. The summed E-state index contributed by atoms with van der Waals surface area (Å²) >= 11 is 0. The van der Waals surface area contributed by atoms with Crippen molar-refractivity contribution in [1.29, 1.82) is 0 Å². The molecule has 9 nitrogen and oxygen atoms in total. The lowest BCUT2D eigenvalue weighted by Crippen LogP contribution is -2.52. The van der Waals surface area contributed by atoms with Crippen LogP contribution >= 0.6 is 0 Å². The molecule has 5 rings (SSSR count). The molecule has 3 amide bonds. The average Bonchev–Trinajstić information content (AvgIpc) is 3.37. The fourth-order valence-corrected chi connectivity index (χ4v) is 4.81. The summed E-state index contributed by atoms with van der Waals surface area (Å²) in [7, 11) is 0. The Morgan fingerprint density at radius 3 is 2.93 bits per heavy atom. The molecule has 3 N–H and O–H groups in total. The van der Waals surface area contributed by atoms with Gasteiger partial charge in [-0.3, -0.25) is 24.6 Å². The molecule has 0 saturated carbocycles. The minimum atomic E-state index is -0.590. The fraction of sp³-hybridized carbons (Fsp3) is 0.579. The number of carbonyl (C=O) groups is 3. The van der Waals surface area contributed by atoms with Crippen LogP contribution in [0, 0.1) is 0 Å². The van der Waals surface area contributed by atoms with Crippen LogP contribution in [0.1, 0.15) is 35.2 Å². The molecule has 0 radical (unpaired) electrons. The Labute approximate surface area is 162 Å². The second-order valence-corrected chi connectivity index (χ2v) is 8.04. The van der Waals surface area contributed by atoms with E-state index < -0.39 is 11.9 Å². The topological polar surface area (TPSA) is 107 Å². The lowest BCUT2D eigenvalue weighted by atomic mass is 10.0. The number of hydrogen-bond donors (Lipinski definition) is 3. The molecule has 1 unspecified atom stereocenters. The van der Waals surface area contributed by atoms with Gasteiger partial charge >= 0.3 is 0 Å². The number of nitrogens with one attached hydrogen (secondary N) is 3. The predicted octanol–water partition coefficient (Wildman–Crippen LogP) is -0.699. The maximum absolute atomic E-state index is 12.7. The van der Waals surface area contributed by atoms with Crippen molar-refractivity contribution in [1.82, 2.24) is 25.4 Å². The number of piperazine rings is 1. The highest BCUT2D eigenvalue weighted by molar-refractivity contribution is 6.05. The second kappa shape index (κ2) is 6.82. The molecular formula is C19H24N6O3. The van der Waals surface area contributed by atoms with Crippen molar-refractivity contribution in [3.63, 3.8) is 0 Å². The quantitative estimate of drug-likeness (QED) is 0.577. The van der Waals surface area contributed by atoms with Crippen LogP contribution in [0.3, 0.4) is 0 Å². The SMILES string of the molecule is O=C1CCC(N2Cc3cc(NCCN4C[C@H]5C[C@@H]4CN5)ncc3C2=O)C(=O)N1. The Hall–Kier alpha value is -2.52. The highest BCUT2D eigenvalue weighted by Gasteiger charge is 2.39. The normalized spacial score (nSPS) is 29.4. The molecule has 3 fully saturated rings. The van der Waals surface area contributed by atoms with Crippen molar-refractivity contribution in [3.8, 4) is 0 Å². The van der Waals surface area contributed by atoms with Crippen LogP contribution in [0.15, 0.2) is 12.3 Å². The van der Waals surface area contributed by atoms with Crippen molar-refractivity contribution < 1.29 is 14.4 Å². The van der Waals surface area contributed by atoms with Gasteiger partial charge in [0.05, 0.1) is 5.56 Å². The smallest absolute Gasteiger partial charge is 0.256 e. The summed E-state index contributed by atoms with van der Waals surface area (Å²) < 4.78 is 0. The first-order chi connectivity index (χ1) is 13.6. The summed E-state index contributed by atoms with van der Waals surface area (Å²) in [6.07, 6.45) is 3.47. The summed E-state index contributed by atoms with van der Waals surface area (Å²) in [5, 5.41) is 9.18. The molecule has 1 aromatic rings. The average molecular weight is 384 g/mol. The largest absolute Gasteiger partial charge is 0.369 e. The zero-order valence-electron chi connectivity index (χ0n) is 15.6. The molecule has 4 aliphatic heterocycles. The van der Waals surface area contributed by atoms with Crippen molar-refractivity contribution in [3.05, 3.63) is 23.4 Å². The number of imide groups is 1. The lowest BCUT2D eigenvalue weighted by Gasteiger charge is -2.29. The Balaban J connectivity index is 1.20.